The van der Waals surface area contributed by atoms with E-state index >= 15 is 0 Å². The molecule has 1 unspecified atom stereocenters. The first-order valence-electron chi connectivity index (χ1n) is 5.10. The number of urea groups is 1. The van der Waals surface area contributed by atoms with E-state index in [9.17, 15) is 9.59 Å². The van der Waals surface area contributed by atoms with Crippen molar-refractivity contribution >= 4 is 29.2 Å². The molecular formula is C11H14ClN3O2. The molecule has 0 saturated carbocycles. The first-order valence-corrected chi connectivity index (χ1v) is 5.54. The first kappa shape index (κ1) is 13.4. The van der Waals surface area contributed by atoms with Crippen LogP contribution in [0.5, 0.6) is 0 Å². The summed E-state index contributed by atoms with van der Waals surface area (Å²) in [5.74, 6) is -0.540. The molecule has 0 aliphatic heterocycles. The predicted molar refractivity (Wildman–Crippen MR) is 66.2 cm³/mol. The van der Waals surface area contributed by atoms with Crippen molar-refractivity contribution < 1.29 is 9.59 Å². The normalized spacial score (nSPS) is 11.8. The number of amides is 3. The Morgan fingerprint density at radius 2 is 2.00 bits per heavy atom. The van der Waals surface area contributed by atoms with Crippen LogP contribution in [0, 0.1) is 13.8 Å². The molecule has 1 heterocycles. The fraction of sp³-hybridized carbons (Fsp3) is 0.364. The standard InChI is InChI=1S/C11H14ClN3O2/c1-6-4-5-9(8(3)13-6)14-11(17)15-10(16)7(2)12/h4-5,7H,1-3H3,(H2,14,15,16,17). The molecule has 1 aromatic rings. The SMILES string of the molecule is Cc1ccc(NC(=O)NC(=O)C(C)Cl)c(C)n1. The summed E-state index contributed by atoms with van der Waals surface area (Å²) in [7, 11) is 0. The monoisotopic (exact) mass is 255 g/mol. The second-order valence-corrected chi connectivity index (χ2v) is 4.30. The number of rotatable bonds is 2. The van der Waals surface area contributed by atoms with Crippen molar-refractivity contribution in [1.29, 1.82) is 0 Å². The zero-order chi connectivity index (χ0) is 13.0. The van der Waals surface area contributed by atoms with Gasteiger partial charge in [0.05, 0.1) is 11.4 Å². The van der Waals surface area contributed by atoms with Crippen molar-refractivity contribution in [1.82, 2.24) is 10.3 Å². The molecule has 0 fully saturated rings. The highest BCUT2D eigenvalue weighted by molar-refractivity contribution is 6.31. The van der Waals surface area contributed by atoms with E-state index in [4.69, 9.17) is 11.6 Å². The van der Waals surface area contributed by atoms with Crippen LogP contribution in [0.2, 0.25) is 0 Å². The van der Waals surface area contributed by atoms with Gasteiger partial charge in [-0.25, -0.2) is 4.79 Å². The molecule has 0 aliphatic rings. The maximum absolute atomic E-state index is 11.4. The quantitative estimate of drug-likeness (QED) is 0.794. The fourth-order valence-electron chi connectivity index (χ4n) is 1.18. The number of nitrogens with one attached hydrogen (secondary N) is 2. The van der Waals surface area contributed by atoms with Gasteiger partial charge >= 0.3 is 6.03 Å². The van der Waals surface area contributed by atoms with Crippen molar-refractivity contribution in [2.24, 2.45) is 0 Å². The number of carbonyl (C=O) groups excluding carboxylic acids is 2. The first-order chi connectivity index (χ1) is 7.90. The molecule has 0 aromatic carbocycles. The molecule has 0 saturated heterocycles. The number of aryl methyl sites for hydroxylation is 2. The number of aromatic nitrogens is 1. The number of hydrogen-bond donors (Lipinski definition) is 2. The number of carbonyl (C=O) groups is 2. The number of nitrogens with zero attached hydrogens (tertiary/aromatic N) is 1. The summed E-state index contributed by atoms with van der Waals surface area (Å²) < 4.78 is 0. The van der Waals surface area contributed by atoms with Crippen LogP contribution in [0.4, 0.5) is 10.5 Å². The highest BCUT2D eigenvalue weighted by Gasteiger charge is 2.13. The number of imide groups is 1. The van der Waals surface area contributed by atoms with Gasteiger partial charge in [0.25, 0.3) is 0 Å². The van der Waals surface area contributed by atoms with E-state index in [1.54, 1.807) is 19.1 Å². The van der Waals surface area contributed by atoms with Crippen LogP contribution in [0.3, 0.4) is 0 Å². The van der Waals surface area contributed by atoms with Gasteiger partial charge in [0.15, 0.2) is 0 Å². The molecule has 1 rings (SSSR count). The van der Waals surface area contributed by atoms with Gasteiger partial charge in [-0.2, -0.15) is 0 Å². The summed E-state index contributed by atoms with van der Waals surface area (Å²) >= 11 is 5.52. The third-order valence-corrected chi connectivity index (χ3v) is 2.27. The van der Waals surface area contributed by atoms with E-state index in [1.165, 1.54) is 6.92 Å². The van der Waals surface area contributed by atoms with Crippen LogP contribution >= 0.6 is 11.6 Å². The maximum atomic E-state index is 11.4. The minimum absolute atomic E-state index is 0.540. The Balaban J connectivity index is 2.65. The van der Waals surface area contributed by atoms with Gasteiger partial charge in [0.2, 0.25) is 5.91 Å². The summed E-state index contributed by atoms with van der Waals surface area (Å²) in [5.41, 5.74) is 2.11. The van der Waals surface area contributed by atoms with Gasteiger partial charge in [-0.3, -0.25) is 15.1 Å². The Morgan fingerprint density at radius 3 is 2.53 bits per heavy atom. The third-order valence-electron chi connectivity index (χ3n) is 2.07. The van der Waals surface area contributed by atoms with Crippen molar-refractivity contribution in [3.63, 3.8) is 0 Å². The molecule has 0 aliphatic carbocycles. The molecule has 1 atom stereocenters. The summed E-state index contributed by atoms with van der Waals surface area (Å²) in [5, 5.41) is 3.90. The van der Waals surface area contributed by atoms with Gasteiger partial charge < -0.3 is 5.32 Å². The maximum Gasteiger partial charge on any atom is 0.325 e. The zero-order valence-corrected chi connectivity index (χ0v) is 10.6. The van der Waals surface area contributed by atoms with Gasteiger partial charge in [-0.1, -0.05) is 0 Å². The second kappa shape index (κ2) is 5.63. The van der Waals surface area contributed by atoms with Crippen LogP contribution in [0.25, 0.3) is 0 Å². The molecule has 17 heavy (non-hydrogen) atoms. The summed E-state index contributed by atoms with van der Waals surface area (Å²) in [6.07, 6.45) is 0. The van der Waals surface area contributed by atoms with Gasteiger partial charge in [-0.05, 0) is 32.9 Å². The number of halogens is 1. The molecule has 6 heteroatoms. The number of hydrogen-bond acceptors (Lipinski definition) is 3. The topological polar surface area (TPSA) is 71.1 Å². The van der Waals surface area contributed by atoms with Crippen molar-refractivity contribution in [3.05, 3.63) is 23.5 Å². The van der Waals surface area contributed by atoms with E-state index < -0.39 is 17.3 Å². The van der Waals surface area contributed by atoms with E-state index in [0.29, 0.717) is 11.4 Å². The van der Waals surface area contributed by atoms with Crippen molar-refractivity contribution in [2.45, 2.75) is 26.1 Å². The van der Waals surface area contributed by atoms with Crippen LogP contribution < -0.4 is 10.6 Å². The zero-order valence-electron chi connectivity index (χ0n) is 9.87. The molecule has 2 N–H and O–H groups in total. The molecule has 0 bridgehead atoms. The smallest absolute Gasteiger partial charge is 0.306 e. The Kier molecular flexibility index (Phi) is 4.45. The van der Waals surface area contributed by atoms with Gasteiger partial charge in [0.1, 0.15) is 5.38 Å². The van der Waals surface area contributed by atoms with Crippen molar-refractivity contribution in [3.8, 4) is 0 Å². The highest BCUT2D eigenvalue weighted by atomic mass is 35.5. The Labute approximate surface area is 105 Å². The molecule has 3 amide bonds. The minimum Gasteiger partial charge on any atom is -0.306 e. The minimum atomic E-state index is -0.752. The van der Waals surface area contributed by atoms with Crippen molar-refractivity contribution in [2.75, 3.05) is 5.32 Å². The molecule has 5 nitrogen and oxygen atoms in total. The molecule has 0 radical (unpaired) electrons. The molecule has 92 valence electrons. The van der Waals surface area contributed by atoms with Crippen LogP contribution in [-0.2, 0) is 4.79 Å². The molecular weight excluding hydrogens is 242 g/mol. The van der Waals surface area contributed by atoms with Crippen LogP contribution in [-0.4, -0.2) is 22.3 Å². The average molecular weight is 256 g/mol. The lowest BCUT2D eigenvalue weighted by atomic mass is 10.3. The lowest BCUT2D eigenvalue weighted by molar-refractivity contribution is -0.119. The van der Waals surface area contributed by atoms with E-state index in [-0.39, 0.29) is 0 Å². The largest absolute Gasteiger partial charge is 0.325 e. The summed E-state index contributed by atoms with van der Waals surface area (Å²) in [4.78, 5) is 26.8. The van der Waals surface area contributed by atoms with Gasteiger partial charge in [-0.15, -0.1) is 11.6 Å². The number of anilines is 1. The van der Waals surface area contributed by atoms with E-state index in [1.807, 2.05) is 6.92 Å². The number of alkyl halides is 1. The third kappa shape index (κ3) is 4.03. The summed E-state index contributed by atoms with van der Waals surface area (Å²) in [6.45, 7) is 5.12. The average Bonchev–Trinajstić information content (AvgIpc) is 2.22. The molecule has 0 spiro atoms. The van der Waals surface area contributed by atoms with E-state index in [0.717, 1.165) is 5.69 Å². The van der Waals surface area contributed by atoms with E-state index in [2.05, 4.69) is 15.6 Å². The number of pyridine rings is 1. The summed E-state index contributed by atoms with van der Waals surface area (Å²) in [6, 6.07) is 2.89. The molecule has 1 aromatic heterocycles. The highest BCUT2D eigenvalue weighted by Crippen LogP contribution is 2.12. The Hall–Kier alpha value is -1.62. The predicted octanol–water partition coefficient (Wildman–Crippen LogP) is 1.97. The second-order valence-electron chi connectivity index (χ2n) is 3.64. The van der Waals surface area contributed by atoms with Crippen LogP contribution in [0.15, 0.2) is 12.1 Å². The lowest BCUT2D eigenvalue weighted by Gasteiger charge is -2.09. The Morgan fingerprint density at radius 1 is 1.35 bits per heavy atom. The fourth-order valence-corrected chi connectivity index (χ4v) is 1.24. The van der Waals surface area contributed by atoms with Crippen LogP contribution in [0.1, 0.15) is 18.3 Å². The lowest BCUT2D eigenvalue weighted by Crippen LogP contribution is -2.38. The Bertz CT molecular complexity index is 446. The van der Waals surface area contributed by atoms with Gasteiger partial charge in [0, 0.05) is 5.69 Å².